The van der Waals surface area contributed by atoms with Crippen LogP contribution in [0.3, 0.4) is 0 Å². The first-order valence-electron chi connectivity index (χ1n) is 6.61. The topological polar surface area (TPSA) is 101 Å². The van der Waals surface area contributed by atoms with E-state index in [9.17, 15) is 4.79 Å². The molecular weight excluding hydrogens is 290 g/mol. The number of aromatic nitrogens is 2. The lowest BCUT2D eigenvalue weighted by atomic mass is 9.98. The summed E-state index contributed by atoms with van der Waals surface area (Å²) in [6.07, 6.45) is 1.15. The van der Waals surface area contributed by atoms with E-state index in [2.05, 4.69) is 9.97 Å². The van der Waals surface area contributed by atoms with E-state index in [1.807, 2.05) is 18.2 Å². The van der Waals surface area contributed by atoms with Crippen molar-refractivity contribution in [2.24, 2.45) is 5.73 Å². The average molecular weight is 309 g/mol. The molecule has 0 aliphatic rings. The van der Waals surface area contributed by atoms with Crippen molar-refractivity contribution in [1.29, 1.82) is 0 Å². The van der Waals surface area contributed by atoms with Gasteiger partial charge in [-0.05, 0) is 31.9 Å². The number of nitrogens with zero attached hydrogens (tertiary/aromatic N) is 1. The standard InChI is InChI=1S/C14H19N3O3S/c1-14(15,12(18)19)6-3-7-21-13-16-10-5-4-9(20-2)8-11(10)17-13/h4-5,8H,3,6-7,15H2,1-2H3,(H,16,17)(H,18,19). The van der Waals surface area contributed by atoms with Gasteiger partial charge in [0.2, 0.25) is 0 Å². The summed E-state index contributed by atoms with van der Waals surface area (Å²) in [5.74, 6) is 0.572. The number of thioether (sulfide) groups is 1. The number of H-pyrrole nitrogens is 1. The Morgan fingerprint density at radius 2 is 2.33 bits per heavy atom. The van der Waals surface area contributed by atoms with Gasteiger partial charge in [-0.15, -0.1) is 0 Å². The first-order chi connectivity index (χ1) is 9.92. The highest BCUT2D eigenvalue weighted by atomic mass is 32.2. The van der Waals surface area contributed by atoms with Gasteiger partial charge in [0.25, 0.3) is 0 Å². The molecule has 0 bridgehead atoms. The van der Waals surface area contributed by atoms with E-state index in [4.69, 9.17) is 15.6 Å². The van der Waals surface area contributed by atoms with Crippen LogP contribution in [0, 0.1) is 0 Å². The largest absolute Gasteiger partial charge is 0.497 e. The second-order valence-corrected chi connectivity index (χ2v) is 6.18. The molecule has 1 atom stereocenters. The van der Waals surface area contributed by atoms with Gasteiger partial charge in [-0.1, -0.05) is 11.8 Å². The first kappa shape index (κ1) is 15.7. The van der Waals surface area contributed by atoms with Crippen molar-refractivity contribution in [2.75, 3.05) is 12.9 Å². The molecule has 0 radical (unpaired) electrons. The maximum atomic E-state index is 10.9. The number of aromatic amines is 1. The highest BCUT2D eigenvalue weighted by molar-refractivity contribution is 7.99. The van der Waals surface area contributed by atoms with Crippen molar-refractivity contribution < 1.29 is 14.6 Å². The molecule has 0 amide bonds. The van der Waals surface area contributed by atoms with Gasteiger partial charge in [0.15, 0.2) is 5.16 Å². The summed E-state index contributed by atoms with van der Waals surface area (Å²) in [6, 6.07) is 5.66. The summed E-state index contributed by atoms with van der Waals surface area (Å²) in [5.41, 5.74) is 6.33. The maximum absolute atomic E-state index is 10.9. The molecule has 2 aromatic rings. The minimum atomic E-state index is -1.16. The minimum Gasteiger partial charge on any atom is -0.497 e. The monoisotopic (exact) mass is 309 g/mol. The Balaban J connectivity index is 1.90. The zero-order valence-electron chi connectivity index (χ0n) is 12.0. The van der Waals surface area contributed by atoms with Gasteiger partial charge >= 0.3 is 5.97 Å². The first-order valence-corrected chi connectivity index (χ1v) is 7.60. The third kappa shape index (κ3) is 3.89. The molecule has 114 valence electrons. The molecule has 0 saturated heterocycles. The van der Waals surface area contributed by atoms with E-state index >= 15 is 0 Å². The molecule has 0 saturated carbocycles. The second-order valence-electron chi connectivity index (χ2n) is 5.10. The Labute approximate surface area is 127 Å². The van der Waals surface area contributed by atoms with Gasteiger partial charge in [0.1, 0.15) is 11.3 Å². The SMILES string of the molecule is COc1ccc2nc(SCCCC(C)(N)C(=O)O)[nH]c2c1. The number of carboxylic acids is 1. The molecule has 6 nitrogen and oxygen atoms in total. The average Bonchev–Trinajstić information content (AvgIpc) is 2.85. The Bertz CT molecular complexity index is 639. The Morgan fingerprint density at radius 3 is 3.00 bits per heavy atom. The zero-order valence-corrected chi connectivity index (χ0v) is 12.9. The van der Waals surface area contributed by atoms with E-state index in [1.54, 1.807) is 18.9 Å². The van der Waals surface area contributed by atoms with Crippen molar-refractivity contribution >= 4 is 28.8 Å². The number of hydrogen-bond acceptors (Lipinski definition) is 5. The van der Waals surface area contributed by atoms with E-state index in [1.165, 1.54) is 6.92 Å². The van der Waals surface area contributed by atoms with E-state index in [-0.39, 0.29) is 0 Å². The number of ether oxygens (including phenoxy) is 1. The molecule has 7 heteroatoms. The number of nitrogens with two attached hydrogens (primary N) is 1. The summed E-state index contributed by atoms with van der Waals surface area (Å²) in [6.45, 7) is 1.54. The number of aliphatic carboxylic acids is 1. The molecule has 4 N–H and O–H groups in total. The molecule has 0 fully saturated rings. The lowest BCUT2D eigenvalue weighted by Gasteiger charge is -2.18. The van der Waals surface area contributed by atoms with Gasteiger partial charge in [0, 0.05) is 11.8 Å². The molecule has 1 aromatic carbocycles. The van der Waals surface area contributed by atoms with Crippen LogP contribution in [0.4, 0.5) is 0 Å². The number of carbonyl (C=O) groups is 1. The van der Waals surface area contributed by atoms with Crippen molar-refractivity contribution in [3.05, 3.63) is 18.2 Å². The number of imidazole rings is 1. The third-order valence-corrected chi connectivity index (χ3v) is 4.19. The summed E-state index contributed by atoms with van der Waals surface area (Å²) < 4.78 is 5.17. The van der Waals surface area contributed by atoms with Gasteiger partial charge in [-0.25, -0.2) is 4.98 Å². The Hall–Kier alpha value is -1.73. The number of fused-ring (bicyclic) bond motifs is 1. The molecule has 1 aromatic heterocycles. The number of benzene rings is 1. The number of hydrogen-bond donors (Lipinski definition) is 3. The predicted molar refractivity (Wildman–Crippen MR) is 82.8 cm³/mol. The number of nitrogens with one attached hydrogen (secondary N) is 1. The molecule has 0 aliphatic carbocycles. The molecular formula is C14H19N3O3S. The van der Waals surface area contributed by atoms with Crippen LogP contribution in [0.5, 0.6) is 5.75 Å². The summed E-state index contributed by atoms with van der Waals surface area (Å²) >= 11 is 1.56. The van der Waals surface area contributed by atoms with Gasteiger partial charge < -0.3 is 20.6 Å². The van der Waals surface area contributed by atoms with Crippen LogP contribution in [0.1, 0.15) is 19.8 Å². The van der Waals surface area contributed by atoms with E-state index in [0.29, 0.717) is 12.8 Å². The van der Waals surface area contributed by atoms with Crippen molar-refractivity contribution in [3.8, 4) is 5.75 Å². The summed E-state index contributed by atoms with van der Waals surface area (Å²) in [5, 5.41) is 9.75. The molecule has 1 unspecified atom stereocenters. The van der Waals surface area contributed by atoms with Crippen molar-refractivity contribution in [1.82, 2.24) is 9.97 Å². The maximum Gasteiger partial charge on any atom is 0.323 e. The summed E-state index contributed by atoms with van der Waals surface area (Å²) in [4.78, 5) is 18.6. The molecule has 21 heavy (non-hydrogen) atoms. The van der Waals surface area contributed by atoms with Crippen molar-refractivity contribution in [3.63, 3.8) is 0 Å². The van der Waals surface area contributed by atoms with Crippen LogP contribution in [0.2, 0.25) is 0 Å². The fourth-order valence-electron chi connectivity index (χ4n) is 1.88. The smallest absolute Gasteiger partial charge is 0.323 e. The summed E-state index contributed by atoms with van der Waals surface area (Å²) in [7, 11) is 1.62. The highest BCUT2D eigenvalue weighted by Crippen LogP contribution is 2.24. The zero-order chi connectivity index (χ0) is 15.5. The number of carboxylic acid groups (broad SMARTS) is 1. The predicted octanol–water partition coefficient (Wildman–Crippen LogP) is 2.25. The lowest BCUT2D eigenvalue weighted by Crippen LogP contribution is -2.44. The van der Waals surface area contributed by atoms with Gasteiger partial charge in [-0.3, -0.25) is 4.79 Å². The fourth-order valence-corrected chi connectivity index (χ4v) is 2.70. The van der Waals surface area contributed by atoms with Crippen molar-refractivity contribution in [2.45, 2.75) is 30.5 Å². The van der Waals surface area contributed by atoms with E-state index < -0.39 is 11.5 Å². The molecule has 2 rings (SSSR count). The van der Waals surface area contributed by atoms with Crippen LogP contribution in [-0.4, -0.2) is 39.4 Å². The van der Waals surface area contributed by atoms with Gasteiger partial charge in [0.05, 0.1) is 18.1 Å². The normalized spacial score (nSPS) is 14.0. The fraction of sp³-hybridized carbons (Fsp3) is 0.429. The Morgan fingerprint density at radius 1 is 1.57 bits per heavy atom. The lowest BCUT2D eigenvalue weighted by molar-refractivity contribution is -0.142. The minimum absolute atomic E-state index is 0.434. The molecule has 0 spiro atoms. The molecule has 1 heterocycles. The van der Waals surface area contributed by atoms with Gasteiger partial charge in [-0.2, -0.15) is 0 Å². The quantitative estimate of drug-likeness (QED) is 0.535. The number of rotatable bonds is 7. The van der Waals surface area contributed by atoms with Crippen LogP contribution in [-0.2, 0) is 4.79 Å². The third-order valence-electron chi connectivity index (χ3n) is 3.24. The number of methoxy groups -OCH3 is 1. The van der Waals surface area contributed by atoms with Crippen LogP contribution < -0.4 is 10.5 Å². The van der Waals surface area contributed by atoms with E-state index in [0.717, 1.165) is 27.7 Å². The van der Waals surface area contributed by atoms with Crippen LogP contribution in [0.25, 0.3) is 11.0 Å². The second kappa shape index (κ2) is 6.36. The van der Waals surface area contributed by atoms with Crippen LogP contribution in [0.15, 0.2) is 23.4 Å². The molecule has 0 aliphatic heterocycles. The highest BCUT2D eigenvalue weighted by Gasteiger charge is 2.26. The Kier molecular flexibility index (Phi) is 4.74. The van der Waals surface area contributed by atoms with Crippen LogP contribution >= 0.6 is 11.8 Å².